The number of hydrogen-bond donors (Lipinski definition) is 0. The number of ketones is 1. The van der Waals surface area contributed by atoms with Crippen LogP contribution in [0.4, 0.5) is 0 Å². The number of carbonyl (C=O) groups is 1. The number of nitrogens with zero attached hydrogens (tertiary/aromatic N) is 1. The number of hydrogen-bond acceptors (Lipinski definition) is 2. The zero-order valence-corrected chi connectivity index (χ0v) is 10.6. The van der Waals surface area contributed by atoms with Crippen LogP contribution in [0.5, 0.6) is 0 Å². The van der Waals surface area contributed by atoms with Gasteiger partial charge in [0.05, 0.1) is 0 Å². The Balaban J connectivity index is 2.37. The number of carbonyl (C=O) groups excluding carboxylic acids is 1. The molecule has 1 rings (SSSR count). The summed E-state index contributed by atoms with van der Waals surface area (Å²) in [7, 11) is 0. The molecule has 0 unspecified atom stereocenters. The maximum Gasteiger partial charge on any atom is 0.137 e. The Labute approximate surface area is 102 Å². The van der Waals surface area contributed by atoms with Crippen LogP contribution in [0.3, 0.4) is 0 Å². The van der Waals surface area contributed by atoms with Crippen molar-refractivity contribution < 1.29 is 4.79 Å². The normalized spacial score (nSPS) is 22.3. The van der Waals surface area contributed by atoms with E-state index in [2.05, 4.69) is 4.90 Å². The van der Waals surface area contributed by atoms with E-state index in [1.807, 2.05) is 0 Å². The van der Waals surface area contributed by atoms with Gasteiger partial charge in [0, 0.05) is 43.7 Å². The van der Waals surface area contributed by atoms with E-state index in [9.17, 15) is 4.79 Å². The highest BCUT2D eigenvalue weighted by Gasteiger charge is 2.23. The van der Waals surface area contributed by atoms with E-state index in [-0.39, 0.29) is 5.92 Å². The molecule has 4 heteroatoms. The minimum Gasteiger partial charge on any atom is -0.300 e. The smallest absolute Gasteiger partial charge is 0.137 e. The lowest BCUT2D eigenvalue weighted by Gasteiger charge is -2.27. The monoisotopic (exact) mass is 251 g/mol. The minimum atomic E-state index is 0.227. The molecule has 0 bridgehead atoms. The third-order valence-electron chi connectivity index (χ3n) is 2.96. The van der Waals surface area contributed by atoms with Crippen LogP contribution in [0.15, 0.2) is 0 Å². The van der Waals surface area contributed by atoms with E-state index in [4.69, 9.17) is 23.2 Å². The molecule has 2 nitrogen and oxygen atoms in total. The molecule has 0 radical (unpaired) electrons. The first-order valence-electron chi connectivity index (χ1n) is 5.65. The van der Waals surface area contributed by atoms with Crippen molar-refractivity contribution in [3.63, 3.8) is 0 Å². The fourth-order valence-electron chi connectivity index (χ4n) is 2.09. The van der Waals surface area contributed by atoms with E-state index in [1.54, 1.807) is 0 Å². The van der Waals surface area contributed by atoms with Crippen molar-refractivity contribution in [1.29, 1.82) is 0 Å². The van der Waals surface area contributed by atoms with Gasteiger partial charge in [-0.1, -0.05) is 6.42 Å². The van der Waals surface area contributed by atoms with Gasteiger partial charge in [0.25, 0.3) is 0 Å². The van der Waals surface area contributed by atoms with Gasteiger partial charge in [-0.3, -0.25) is 4.79 Å². The second-order valence-electron chi connectivity index (χ2n) is 4.09. The van der Waals surface area contributed by atoms with Crippen LogP contribution >= 0.6 is 23.2 Å². The van der Waals surface area contributed by atoms with Gasteiger partial charge >= 0.3 is 0 Å². The SMILES string of the molecule is O=C1CCCC[C@@H]1CN(CCCl)CCCl. The Morgan fingerprint density at radius 3 is 2.40 bits per heavy atom. The topological polar surface area (TPSA) is 20.3 Å². The first-order chi connectivity index (χ1) is 7.27. The van der Waals surface area contributed by atoms with Crippen molar-refractivity contribution in [2.75, 3.05) is 31.4 Å². The molecule has 1 aliphatic carbocycles. The van der Waals surface area contributed by atoms with E-state index in [1.165, 1.54) is 6.42 Å². The largest absolute Gasteiger partial charge is 0.300 e. The number of halogens is 2. The average molecular weight is 252 g/mol. The highest BCUT2D eigenvalue weighted by atomic mass is 35.5. The van der Waals surface area contributed by atoms with Crippen LogP contribution in [0.2, 0.25) is 0 Å². The minimum absolute atomic E-state index is 0.227. The van der Waals surface area contributed by atoms with Gasteiger partial charge in [-0.15, -0.1) is 23.2 Å². The Morgan fingerprint density at radius 1 is 1.20 bits per heavy atom. The molecule has 0 amide bonds. The Bertz CT molecular complexity index is 193. The predicted molar refractivity (Wildman–Crippen MR) is 64.8 cm³/mol. The molecule has 1 saturated carbocycles. The maximum absolute atomic E-state index is 11.6. The first-order valence-corrected chi connectivity index (χ1v) is 6.72. The summed E-state index contributed by atoms with van der Waals surface area (Å²) in [5, 5.41) is 0. The van der Waals surface area contributed by atoms with E-state index in [0.29, 0.717) is 17.5 Å². The van der Waals surface area contributed by atoms with Crippen molar-refractivity contribution >= 4 is 29.0 Å². The first kappa shape index (κ1) is 13.3. The summed E-state index contributed by atoms with van der Waals surface area (Å²) in [6.07, 6.45) is 4.06. The van der Waals surface area contributed by atoms with Gasteiger partial charge in [-0.05, 0) is 12.8 Å². The van der Waals surface area contributed by atoms with Crippen molar-refractivity contribution in [3.05, 3.63) is 0 Å². The molecule has 1 atom stereocenters. The highest BCUT2D eigenvalue weighted by molar-refractivity contribution is 6.18. The van der Waals surface area contributed by atoms with Gasteiger partial charge in [-0.2, -0.15) is 0 Å². The molecule has 0 aliphatic heterocycles. The summed E-state index contributed by atoms with van der Waals surface area (Å²) in [5.74, 6) is 1.87. The molecule has 88 valence electrons. The van der Waals surface area contributed by atoms with Crippen LogP contribution in [0.1, 0.15) is 25.7 Å². The fourth-order valence-corrected chi connectivity index (χ4v) is 2.57. The average Bonchev–Trinajstić information content (AvgIpc) is 2.22. The van der Waals surface area contributed by atoms with Crippen LogP contribution in [-0.2, 0) is 4.79 Å². The molecular formula is C11H19Cl2NO. The summed E-state index contributed by atoms with van der Waals surface area (Å²) in [5.41, 5.74) is 0. The van der Waals surface area contributed by atoms with E-state index < -0.39 is 0 Å². The van der Waals surface area contributed by atoms with Crippen LogP contribution in [0.25, 0.3) is 0 Å². The summed E-state index contributed by atoms with van der Waals surface area (Å²) in [4.78, 5) is 13.8. The Kier molecular flexibility index (Phi) is 6.62. The third kappa shape index (κ3) is 4.71. The molecule has 0 aromatic heterocycles. The molecule has 0 spiro atoms. The standard InChI is InChI=1S/C11H19Cl2NO/c12-5-7-14(8-6-13)9-10-3-1-2-4-11(10)15/h10H,1-9H2/t10-/m1/s1. The van der Waals surface area contributed by atoms with E-state index in [0.717, 1.165) is 38.9 Å². The Hall–Kier alpha value is 0.210. The quantitative estimate of drug-likeness (QED) is 0.677. The lowest BCUT2D eigenvalue weighted by molar-refractivity contribution is -0.125. The number of Topliss-reactive ketones (excluding diaryl/α,β-unsaturated/α-hetero) is 1. The van der Waals surface area contributed by atoms with Gasteiger partial charge in [0.2, 0.25) is 0 Å². The number of rotatable bonds is 6. The molecule has 1 aliphatic rings. The highest BCUT2D eigenvalue weighted by Crippen LogP contribution is 2.21. The Morgan fingerprint density at radius 2 is 1.87 bits per heavy atom. The lowest BCUT2D eigenvalue weighted by Crippen LogP contribution is -2.37. The van der Waals surface area contributed by atoms with Crippen molar-refractivity contribution in [1.82, 2.24) is 4.90 Å². The lowest BCUT2D eigenvalue weighted by atomic mass is 9.87. The summed E-state index contributed by atoms with van der Waals surface area (Å²) in [6.45, 7) is 2.51. The summed E-state index contributed by atoms with van der Waals surface area (Å²) in [6, 6.07) is 0. The molecule has 0 aromatic rings. The molecule has 0 aromatic carbocycles. The molecule has 15 heavy (non-hydrogen) atoms. The van der Waals surface area contributed by atoms with Crippen molar-refractivity contribution in [2.45, 2.75) is 25.7 Å². The van der Waals surface area contributed by atoms with Gasteiger partial charge in [0.15, 0.2) is 0 Å². The molecule has 0 saturated heterocycles. The van der Waals surface area contributed by atoms with Gasteiger partial charge in [0.1, 0.15) is 5.78 Å². The summed E-state index contributed by atoms with van der Waals surface area (Å²) >= 11 is 11.4. The molecule has 0 heterocycles. The third-order valence-corrected chi connectivity index (χ3v) is 3.30. The maximum atomic E-state index is 11.6. The van der Waals surface area contributed by atoms with E-state index >= 15 is 0 Å². The van der Waals surface area contributed by atoms with Gasteiger partial charge < -0.3 is 4.90 Å². The van der Waals surface area contributed by atoms with Crippen LogP contribution in [-0.4, -0.2) is 42.1 Å². The van der Waals surface area contributed by atoms with Crippen molar-refractivity contribution in [2.24, 2.45) is 5.92 Å². The zero-order chi connectivity index (χ0) is 11.1. The second kappa shape index (κ2) is 7.48. The predicted octanol–water partition coefficient (Wildman–Crippen LogP) is 2.53. The zero-order valence-electron chi connectivity index (χ0n) is 9.05. The molecule has 0 N–H and O–H groups in total. The number of alkyl halides is 2. The van der Waals surface area contributed by atoms with Crippen LogP contribution < -0.4 is 0 Å². The molecule has 1 fully saturated rings. The summed E-state index contributed by atoms with van der Waals surface area (Å²) < 4.78 is 0. The van der Waals surface area contributed by atoms with Crippen LogP contribution in [0, 0.1) is 5.92 Å². The van der Waals surface area contributed by atoms with Gasteiger partial charge in [-0.25, -0.2) is 0 Å². The van der Waals surface area contributed by atoms with Crippen molar-refractivity contribution in [3.8, 4) is 0 Å². The molecular weight excluding hydrogens is 233 g/mol. The fraction of sp³-hybridized carbons (Fsp3) is 0.909. The second-order valence-corrected chi connectivity index (χ2v) is 4.84.